The highest BCUT2D eigenvalue weighted by Gasteiger charge is 2.38. The van der Waals surface area contributed by atoms with Crippen molar-refractivity contribution in [1.82, 2.24) is 15.1 Å². The van der Waals surface area contributed by atoms with E-state index in [-0.39, 0.29) is 42.3 Å². The Bertz CT molecular complexity index is 1560. The maximum Gasteiger partial charge on any atom is 0.416 e. The molecule has 0 aromatic heterocycles. The summed E-state index contributed by atoms with van der Waals surface area (Å²) < 4.78 is 94.2. The first-order chi connectivity index (χ1) is 20.9. The Kier molecular flexibility index (Phi) is 9.40. The number of benzene rings is 3. The molecule has 0 unspecified atom stereocenters. The number of halogens is 7. The van der Waals surface area contributed by atoms with E-state index in [1.807, 2.05) is 0 Å². The fourth-order valence-corrected chi connectivity index (χ4v) is 5.31. The van der Waals surface area contributed by atoms with Gasteiger partial charge in [0.05, 0.1) is 22.1 Å². The van der Waals surface area contributed by atoms with Crippen molar-refractivity contribution in [3.05, 3.63) is 110 Å². The second kappa shape index (κ2) is 12.7. The van der Waals surface area contributed by atoms with Crippen LogP contribution in [0.25, 0.3) is 0 Å². The van der Waals surface area contributed by atoms with Crippen molar-refractivity contribution in [2.75, 3.05) is 13.6 Å². The molecule has 1 aliphatic heterocycles. The summed E-state index contributed by atoms with van der Waals surface area (Å²) in [5.41, 5.74) is -2.41. The molecule has 1 saturated heterocycles. The first-order valence-electron chi connectivity index (χ1n) is 13.6. The van der Waals surface area contributed by atoms with E-state index in [9.17, 15) is 50.4 Å². The van der Waals surface area contributed by atoms with Gasteiger partial charge in [0.25, 0.3) is 11.6 Å². The van der Waals surface area contributed by atoms with Crippen molar-refractivity contribution in [1.29, 1.82) is 0 Å². The third-order valence-electron chi connectivity index (χ3n) is 7.51. The third kappa shape index (κ3) is 7.88. The van der Waals surface area contributed by atoms with Gasteiger partial charge >= 0.3 is 18.4 Å². The fraction of sp³-hybridized carbons (Fsp3) is 0.333. The summed E-state index contributed by atoms with van der Waals surface area (Å²) in [5, 5.41) is 13.8. The first-order valence-corrected chi connectivity index (χ1v) is 13.6. The van der Waals surface area contributed by atoms with Gasteiger partial charge in [-0.25, -0.2) is 9.18 Å². The average molecular weight is 641 g/mol. The molecule has 240 valence electrons. The molecular formula is C30H27F7N4O4. The first kappa shape index (κ1) is 33.2. The number of carbonyl (C=O) groups is 2. The number of hydrogen-bond acceptors (Lipinski definition) is 4. The summed E-state index contributed by atoms with van der Waals surface area (Å²) in [5.74, 6) is -1.05. The Balaban J connectivity index is 1.58. The number of nitrogens with one attached hydrogen (secondary N) is 1. The number of likely N-dealkylation sites (tertiary alicyclic amines) is 1. The molecule has 0 bridgehead atoms. The zero-order valence-corrected chi connectivity index (χ0v) is 23.9. The van der Waals surface area contributed by atoms with E-state index < -0.39 is 64.8 Å². The monoisotopic (exact) mass is 640 g/mol. The molecule has 3 aromatic rings. The molecule has 0 saturated carbocycles. The summed E-state index contributed by atoms with van der Waals surface area (Å²) in [6.07, 6.45) is -9.72. The third-order valence-corrected chi connectivity index (χ3v) is 7.51. The molecule has 45 heavy (non-hydrogen) atoms. The minimum atomic E-state index is -5.05. The minimum Gasteiger partial charge on any atom is -0.349 e. The van der Waals surface area contributed by atoms with E-state index in [1.54, 1.807) is 6.92 Å². The number of nitro groups is 1. The van der Waals surface area contributed by atoms with Crippen molar-refractivity contribution < 1.29 is 45.2 Å². The average Bonchev–Trinajstić information content (AvgIpc) is 2.95. The van der Waals surface area contributed by atoms with Gasteiger partial charge < -0.3 is 15.1 Å². The lowest BCUT2D eigenvalue weighted by atomic mass is 9.89. The van der Waals surface area contributed by atoms with E-state index >= 15 is 0 Å². The van der Waals surface area contributed by atoms with Gasteiger partial charge in [0.2, 0.25) is 0 Å². The number of hydrogen-bond donors (Lipinski definition) is 1. The number of amides is 3. The molecule has 1 N–H and O–H groups in total. The van der Waals surface area contributed by atoms with Crippen LogP contribution in [-0.2, 0) is 18.9 Å². The van der Waals surface area contributed by atoms with Crippen LogP contribution in [0.3, 0.4) is 0 Å². The molecule has 0 aliphatic carbocycles. The van der Waals surface area contributed by atoms with Crippen molar-refractivity contribution in [3.8, 4) is 0 Å². The Morgan fingerprint density at radius 1 is 0.978 bits per heavy atom. The molecule has 1 heterocycles. The smallest absolute Gasteiger partial charge is 0.349 e. The van der Waals surface area contributed by atoms with Gasteiger partial charge in [0, 0.05) is 43.9 Å². The highest BCUT2D eigenvalue weighted by molar-refractivity contribution is 5.94. The second-order valence-corrected chi connectivity index (χ2v) is 10.8. The summed E-state index contributed by atoms with van der Waals surface area (Å²) in [6.45, 7) is 1.08. The number of non-ortho nitro benzene ring substituents is 1. The van der Waals surface area contributed by atoms with Crippen LogP contribution in [0.1, 0.15) is 57.1 Å². The van der Waals surface area contributed by atoms with E-state index in [1.165, 1.54) is 54.4 Å². The van der Waals surface area contributed by atoms with Crippen LogP contribution < -0.4 is 5.32 Å². The second-order valence-electron chi connectivity index (χ2n) is 10.8. The number of urea groups is 1. The fourth-order valence-electron chi connectivity index (χ4n) is 5.31. The van der Waals surface area contributed by atoms with Crippen LogP contribution >= 0.6 is 0 Å². The van der Waals surface area contributed by atoms with Crippen LogP contribution in [0.5, 0.6) is 0 Å². The maximum absolute atomic E-state index is 13.9. The number of carbonyl (C=O) groups excluding carboxylic acids is 2. The van der Waals surface area contributed by atoms with Crippen LogP contribution in [-0.4, -0.2) is 46.3 Å². The lowest BCUT2D eigenvalue weighted by molar-refractivity contribution is -0.384. The van der Waals surface area contributed by atoms with Gasteiger partial charge in [0.15, 0.2) is 0 Å². The van der Waals surface area contributed by atoms with E-state index in [0.29, 0.717) is 23.3 Å². The van der Waals surface area contributed by atoms with Gasteiger partial charge in [-0.1, -0.05) is 6.07 Å². The quantitative estimate of drug-likeness (QED) is 0.174. The van der Waals surface area contributed by atoms with Crippen molar-refractivity contribution in [2.24, 2.45) is 0 Å². The zero-order chi connectivity index (χ0) is 33.3. The Morgan fingerprint density at radius 2 is 1.58 bits per heavy atom. The Morgan fingerprint density at radius 3 is 2.11 bits per heavy atom. The number of nitrogens with zero attached hydrogens (tertiary/aromatic N) is 3. The largest absolute Gasteiger partial charge is 0.416 e. The maximum atomic E-state index is 13.9. The molecule has 0 radical (unpaired) electrons. The summed E-state index contributed by atoms with van der Waals surface area (Å²) in [4.78, 5) is 39.2. The number of aryl methyl sites for hydroxylation is 1. The number of nitro benzene ring substituents is 1. The molecule has 4 rings (SSSR count). The number of rotatable bonds is 6. The lowest BCUT2D eigenvalue weighted by Gasteiger charge is -2.42. The summed E-state index contributed by atoms with van der Waals surface area (Å²) >= 11 is 0. The highest BCUT2D eigenvalue weighted by atomic mass is 19.4. The molecule has 1 fully saturated rings. The molecule has 15 heteroatoms. The number of alkyl halides is 6. The molecule has 0 spiro atoms. The zero-order valence-electron chi connectivity index (χ0n) is 23.9. The van der Waals surface area contributed by atoms with Gasteiger partial charge in [0.1, 0.15) is 5.82 Å². The molecule has 2 atom stereocenters. The van der Waals surface area contributed by atoms with Gasteiger partial charge in [-0.2, -0.15) is 26.3 Å². The van der Waals surface area contributed by atoms with Gasteiger partial charge in [-0.15, -0.1) is 0 Å². The van der Waals surface area contributed by atoms with Gasteiger partial charge in [-0.3, -0.25) is 14.9 Å². The van der Waals surface area contributed by atoms with Crippen LogP contribution in [0, 0.1) is 22.9 Å². The van der Waals surface area contributed by atoms with Gasteiger partial charge in [-0.05, 0) is 78.9 Å². The van der Waals surface area contributed by atoms with Crippen molar-refractivity contribution in [3.63, 3.8) is 0 Å². The minimum absolute atomic E-state index is 0.00835. The molecule has 1 aliphatic rings. The molecule has 8 nitrogen and oxygen atoms in total. The number of piperidine rings is 1. The highest BCUT2D eigenvalue weighted by Crippen LogP contribution is 2.38. The Labute approximate surface area is 252 Å². The SMILES string of the molecule is Cc1cc(F)ccc1[C@H]1C[C@@H](NC(=O)c2ccc([N+](=O)[O-])cc2)CCN1C(=O)N(C)Cc1cc(C(F)(F)F)cc(C(F)(F)F)c1. The van der Waals surface area contributed by atoms with Crippen LogP contribution in [0.15, 0.2) is 60.7 Å². The summed E-state index contributed by atoms with van der Waals surface area (Å²) in [7, 11) is 1.24. The molecule has 3 amide bonds. The normalized spacial score (nSPS) is 17.1. The van der Waals surface area contributed by atoms with E-state index in [0.717, 1.165) is 4.90 Å². The molecule has 3 aromatic carbocycles. The van der Waals surface area contributed by atoms with E-state index in [4.69, 9.17) is 0 Å². The van der Waals surface area contributed by atoms with Crippen LogP contribution in [0.4, 0.5) is 41.2 Å². The topological polar surface area (TPSA) is 95.8 Å². The van der Waals surface area contributed by atoms with E-state index in [2.05, 4.69) is 5.32 Å². The standard InChI is InChI=1S/C30H27F7N4O4/c1-17-11-22(31)5-8-25(17)26-15-23(38-27(42)19-3-6-24(7-4-19)41(44)45)9-10-40(26)28(43)39(2)16-18-12-20(29(32,33)34)14-21(13-18)30(35,36)37/h3-8,11-14,23,26H,9-10,15-16H2,1-2H3,(H,38,42)/t23-,26+/m0/s1. The van der Waals surface area contributed by atoms with Crippen molar-refractivity contribution >= 4 is 17.6 Å². The predicted octanol–water partition coefficient (Wildman–Crippen LogP) is 7.27. The molecular weight excluding hydrogens is 613 g/mol. The van der Waals surface area contributed by atoms with Crippen LogP contribution in [0.2, 0.25) is 0 Å². The predicted molar refractivity (Wildman–Crippen MR) is 147 cm³/mol. The summed E-state index contributed by atoms with van der Waals surface area (Å²) in [6, 6.07) is 8.03. The lowest BCUT2D eigenvalue weighted by Crippen LogP contribution is -2.51. The Hall–Kier alpha value is -4.69. The van der Waals surface area contributed by atoms with Crippen molar-refractivity contribution in [2.45, 2.75) is 50.7 Å².